The van der Waals surface area contributed by atoms with Crippen LogP contribution in [-0.4, -0.2) is 20.5 Å². The Labute approximate surface area is 151 Å². The average molecular weight is 383 g/mol. The fourth-order valence-corrected chi connectivity index (χ4v) is 4.82. The van der Waals surface area contributed by atoms with E-state index in [1.54, 1.807) is 43.9 Å². The van der Waals surface area contributed by atoms with Gasteiger partial charge in [0, 0.05) is 11.3 Å². The van der Waals surface area contributed by atoms with Crippen molar-refractivity contribution in [2.45, 2.75) is 43.9 Å². The van der Waals surface area contributed by atoms with Crippen LogP contribution in [0, 0.1) is 5.82 Å². The zero-order chi connectivity index (χ0) is 19.2. The van der Waals surface area contributed by atoms with Crippen molar-refractivity contribution in [1.82, 2.24) is 0 Å². The first kappa shape index (κ1) is 18.9. The number of nitrogens with one attached hydrogen (secondary N) is 1. The largest absolute Gasteiger partial charge is 0.422 e. The van der Waals surface area contributed by atoms with E-state index in [2.05, 4.69) is 5.32 Å². The number of hydrogen-bond donors (Lipinski definition) is 1. The van der Waals surface area contributed by atoms with Crippen LogP contribution in [-0.2, 0) is 16.4 Å². The summed E-state index contributed by atoms with van der Waals surface area (Å²) < 4.78 is 63.0. The van der Waals surface area contributed by atoms with E-state index in [4.69, 9.17) is 4.43 Å². The molecule has 0 fully saturated rings. The molecule has 1 N–H and O–H groups in total. The minimum Gasteiger partial charge on any atom is -0.399 e. The molecule has 1 heterocycles. The Kier molecular flexibility index (Phi) is 4.65. The third-order valence-electron chi connectivity index (χ3n) is 4.37. The zero-order valence-electron chi connectivity index (χ0n) is 14.8. The van der Waals surface area contributed by atoms with Gasteiger partial charge in [-0.05, 0) is 49.8 Å². The van der Waals surface area contributed by atoms with Crippen LogP contribution < -0.4 is 5.32 Å². The Balaban J connectivity index is 2.16. The van der Waals surface area contributed by atoms with Crippen molar-refractivity contribution >= 4 is 14.0 Å². The van der Waals surface area contributed by atoms with Gasteiger partial charge in [0.2, 0.25) is 5.60 Å². The highest BCUT2D eigenvalue weighted by Crippen LogP contribution is 2.54. The van der Waals surface area contributed by atoms with Crippen molar-refractivity contribution in [3.05, 3.63) is 65.5 Å². The maximum Gasteiger partial charge on any atom is 0.422 e. The molecule has 2 aromatic carbocycles. The predicted octanol–water partition coefficient (Wildman–Crippen LogP) is 5.47. The minimum atomic E-state index is -4.70. The number of hydrogen-bond acceptors (Lipinski definition) is 2. The van der Waals surface area contributed by atoms with E-state index in [-0.39, 0.29) is 17.7 Å². The van der Waals surface area contributed by atoms with Gasteiger partial charge in [-0.1, -0.05) is 30.3 Å². The summed E-state index contributed by atoms with van der Waals surface area (Å²) in [5.41, 5.74) is -1.73. The molecule has 0 aromatic heterocycles. The van der Waals surface area contributed by atoms with E-state index in [1.807, 2.05) is 6.07 Å². The van der Waals surface area contributed by atoms with Crippen LogP contribution >= 0.6 is 0 Å². The van der Waals surface area contributed by atoms with E-state index in [0.29, 0.717) is 0 Å². The highest BCUT2D eigenvalue weighted by molar-refractivity contribution is 6.69. The SMILES string of the molecule is C[Si](C)(C)OC1(C(F)(F)F)c2cc(F)ccc2NC1Cc1ccccc1. The van der Waals surface area contributed by atoms with Crippen LogP contribution in [0.1, 0.15) is 11.1 Å². The van der Waals surface area contributed by atoms with Crippen LogP contribution in [0.15, 0.2) is 48.5 Å². The second kappa shape index (κ2) is 6.39. The van der Waals surface area contributed by atoms with Gasteiger partial charge >= 0.3 is 6.18 Å². The molecule has 2 nitrogen and oxygen atoms in total. The molecule has 26 heavy (non-hydrogen) atoms. The van der Waals surface area contributed by atoms with Crippen molar-refractivity contribution in [3.8, 4) is 0 Å². The fourth-order valence-electron chi connectivity index (χ4n) is 3.49. The highest BCUT2D eigenvalue weighted by Gasteiger charge is 2.66. The molecule has 0 saturated carbocycles. The molecule has 0 bridgehead atoms. The normalized spacial score (nSPS) is 22.8. The van der Waals surface area contributed by atoms with Gasteiger partial charge in [-0.25, -0.2) is 4.39 Å². The minimum absolute atomic E-state index is 0.112. The summed E-state index contributed by atoms with van der Waals surface area (Å²) in [6.07, 6.45) is -4.58. The molecular weight excluding hydrogens is 362 g/mol. The van der Waals surface area contributed by atoms with Crippen LogP contribution in [0.25, 0.3) is 0 Å². The molecule has 140 valence electrons. The molecule has 3 rings (SSSR count). The van der Waals surface area contributed by atoms with E-state index in [0.717, 1.165) is 17.7 Å². The Morgan fingerprint density at radius 2 is 1.73 bits per heavy atom. The standard InChI is InChI=1S/C19H21F4NOSi/c1-26(2,3)25-18(19(21,22)23)15-12-14(20)9-10-16(15)24-17(18)11-13-7-5-4-6-8-13/h4-10,12,17,24H,11H2,1-3H3. The molecule has 1 aliphatic rings. The Bertz CT molecular complexity index is 788. The molecule has 0 aliphatic carbocycles. The summed E-state index contributed by atoms with van der Waals surface area (Å²) in [5.74, 6) is -0.710. The van der Waals surface area contributed by atoms with E-state index in [1.165, 1.54) is 6.07 Å². The lowest BCUT2D eigenvalue weighted by molar-refractivity contribution is -0.261. The third kappa shape index (κ3) is 3.37. The molecule has 2 unspecified atom stereocenters. The lowest BCUT2D eigenvalue weighted by Crippen LogP contribution is -2.57. The zero-order valence-corrected chi connectivity index (χ0v) is 15.8. The number of benzene rings is 2. The topological polar surface area (TPSA) is 21.3 Å². The van der Waals surface area contributed by atoms with Gasteiger partial charge in [-0.2, -0.15) is 13.2 Å². The number of alkyl halides is 3. The number of fused-ring (bicyclic) bond motifs is 1. The maximum absolute atomic E-state index is 14.4. The molecule has 7 heteroatoms. The Morgan fingerprint density at radius 3 is 2.31 bits per heavy atom. The summed E-state index contributed by atoms with van der Waals surface area (Å²) in [6, 6.07) is 11.3. The van der Waals surface area contributed by atoms with Crippen LogP contribution in [0.2, 0.25) is 19.6 Å². The van der Waals surface area contributed by atoms with Crippen molar-refractivity contribution in [1.29, 1.82) is 0 Å². The highest BCUT2D eigenvalue weighted by atomic mass is 28.4. The lowest BCUT2D eigenvalue weighted by atomic mass is 9.85. The van der Waals surface area contributed by atoms with Gasteiger partial charge in [-0.3, -0.25) is 0 Å². The third-order valence-corrected chi connectivity index (χ3v) is 5.31. The molecule has 0 amide bonds. The summed E-state index contributed by atoms with van der Waals surface area (Å²) in [6.45, 7) is 5.12. The number of halogens is 4. The molecule has 2 aromatic rings. The van der Waals surface area contributed by atoms with E-state index in [9.17, 15) is 17.6 Å². The second-order valence-corrected chi connectivity index (χ2v) is 12.0. The second-order valence-electron chi connectivity index (χ2n) is 7.52. The molecule has 0 spiro atoms. The smallest absolute Gasteiger partial charge is 0.399 e. The quantitative estimate of drug-likeness (QED) is 0.558. The van der Waals surface area contributed by atoms with Crippen LogP contribution in [0.5, 0.6) is 0 Å². The lowest BCUT2D eigenvalue weighted by Gasteiger charge is -2.42. The first-order chi connectivity index (χ1) is 12.0. The first-order valence-electron chi connectivity index (χ1n) is 8.40. The van der Waals surface area contributed by atoms with Crippen molar-refractivity contribution in [2.24, 2.45) is 0 Å². The molecule has 1 aliphatic heterocycles. The summed E-state index contributed by atoms with van der Waals surface area (Å²) in [5, 5.41) is 2.94. The molecular formula is C19H21F4NOSi. The van der Waals surface area contributed by atoms with Crippen LogP contribution in [0.3, 0.4) is 0 Å². The Morgan fingerprint density at radius 1 is 1.08 bits per heavy atom. The van der Waals surface area contributed by atoms with Gasteiger partial charge < -0.3 is 9.74 Å². The van der Waals surface area contributed by atoms with Gasteiger partial charge in [0.1, 0.15) is 5.82 Å². The summed E-state index contributed by atoms with van der Waals surface area (Å²) in [4.78, 5) is 0. The number of anilines is 1. The fraction of sp³-hybridized carbons (Fsp3) is 0.368. The van der Waals surface area contributed by atoms with Gasteiger partial charge in [0.05, 0.1) is 6.04 Å². The van der Waals surface area contributed by atoms with E-state index < -0.39 is 32.0 Å². The van der Waals surface area contributed by atoms with Gasteiger partial charge in [-0.15, -0.1) is 0 Å². The predicted molar refractivity (Wildman–Crippen MR) is 96.1 cm³/mol. The number of rotatable bonds is 4. The van der Waals surface area contributed by atoms with Gasteiger partial charge in [0.15, 0.2) is 8.32 Å². The molecule has 2 atom stereocenters. The van der Waals surface area contributed by atoms with Crippen molar-refractivity contribution in [3.63, 3.8) is 0 Å². The summed E-state index contributed by atoms with van der Waals surface area (Å²) >= 11 is 0. The first-order valence-corrected chi connectivity index (χ1v) is 11.8. The average Bonchev–Trinajstić information content (AvgIpc) is 2.81. The molecule has 0 saturated heterocycles. The maximum atomic E-state index is 14.4. The van der Waals surface area contributed by atoms with E-state index >= 15 is 0 Å². The van der Waals surface area contributed by atoms with Crippen molar-refractivity contribution in [2.75, 3.05) is 5.32 Å². The monoisotopic (exact) mass is 383 g/mol. The Hall–Kier alpha value is -1.86. The van der Waals surface area contributed by atoms with Crippen molar-refractivity contribution < 1.29 is 22.0 Å². The summed E-state index contributed by atoms with van der Waals surface area (Å²) in [7, 11) is -2.63. The van der Waals surface area contributed by atoms with Gasteiger partial charge in [0.25, 0.3) is 0 Å². The molecule has 0 radical (unpaired) electrons. The van der Waals surface area contributed by atoms with Crippen LogP contribution in [0.4, 0.5) is 23.2 Å².